The molecule has 3 nitrogen and oxygen atoms in total. The lowest BCUT2D eigenvalue weighted by Crippen LogP contribution is -2.33. The van der Waals surface area contributed by atoms with E-state index < -0.39 is 0 Å². The summed E-state index contributed by atoms with van der Waals surface area (Å²) >= 11 is 5.71. The van der Waals surface area contributed by atoms with Crippen LogP contribution in [0.1, 0.15) is 26.2 Å². The number of rotatable bonds is 5. The van der Waals surface area contributed by atoms with Crippen molar-refractivity contribution in [2.24, 2.45) is 5.92 Å². The maximum atomic E-state index is 11.9. The molecular formula is C14H17BrINO2. The third kappa shape index (κ3) is 4.43. The zero-order valence-electron chi connectivity index (χ0n) is 10.8. The minimum atomic E-state index is 0.0851. The number of carbonyl (C=O) groups excluding carboxylic acids is 1. The van der Waals surface area contributed by atoms with Gasteiger partial charge in [-0.2, -0.15) is 0 Å². The summed E-state index contributed by atoms with van der Waals surface area (Å²) in [5.74, 6) is 0.557. The number of amides is 1. The van der Waals surface area contributed by atoms with Crippen LogP contribution in [0.25, 0.3) is 0 Å². The van der Waals surface area contributed by atoms with Gasteiger partial charge in [0.15, 0.2) is 0 Å². The normalized spacial score (nSPS) is 21.8. The topological polar surface area (TPSA) is 38.3 Å². The molecule has 0 heterocycles. The average Bonchev–Trinajstić information content (AvgIpc) is 2.30. The van der Waals surface area contributed by atoms with Gasteiger partial charge in [-0.25, -0.2) is 0 Å². The number of hydrogen-bond donors (Lipinski definition) is 1. The van der Waals surface area contributed by atoms with Crippen LogP contribution in [-0.2, 0) is 9.53 Å². The zero-order chi connectivity index (χ0) is 13.8. The summed E-state index contributed by atoms with van der Waals surface area (Å²) in [6.45, 7) is 2.77. The fourth-order valence-corrected chi connectivity index (χ4v) is 3.66. The molecule has 1 aliphatic carbocycles. The minimum absolute atomic E-state index is 0.0851. The van der Waals surface area contributed by atoms with Crippen molar-refractivity contribution >= 4 is 50.1 Å². The van der Waals surface area contributed by atoms with E-state index >= 15 is 0 Å². The van der Waals surface area contributed by atoms with Gasteiger partial charge in [-0.3, -0.25) is 4.79 Å². The Bertz CT molecular complexity index is 461. The first-order valence-corrected chi connectivity index (χ1v) is 8.32. The molecule has 104 valence electrons. The van der Waals surface area contributed by atoms with Gasteiger partial charge in [-0.15, -0.1) is 0 Å². The van der Waals surface area contributed by atoms with Crippen LogP contribution in [0.5, 0.6) is 0 Å². The summed E-state index contributed by atoms with van der Waals surface area (Å²) in [4.78, 5) is 11.9. The monoisotopic (exact) mass is 437 g/mol. The molecule has 0 spiro atoms. The SMILES string of the molecule is CCOC1CC(CC(=O)Nc2ccc(I)cc2Br)C1. The molecule has 1 aliphatic rings. The fraction of sp³-hybridized carbons (Fsp3) is 0.500. The van der Waals surface area contributed by atoms with E-state index in [2.05, 4.69) is 43.8 Å². The molecule has 0 saturated heterocycles. The minimum Gasteiger partial charge on any atom is -0.378 e. The van der Waals surface area contributed by atoms with Crippen LogP contribution in [0.4, 0.5) is 5.69 Å². The Kier molecular flexibility index (Phi) is 5.65. The number of benzene rings is 1. The molecule has 19 heavy (non-hydrogen) atoms. The van der Waals surface area contributed by atoms with Crippen LogP contribution >= 0.6 is 38.5 Å². The van der Waals surface area contributed by atoms with Crippen molar-refractivity contribution in [3.8, 4) is 0 Å². The van der Waals surface area contributed by atoms with Gasteiger partial charge in [0.1, 0.15) is 0 Å². The first-order chi connectivity index (χ1) is 9.08. The Labute approximate surface area is 135 Å². The Hall–Kier alpha value is -0.140. The largest absolute Gasteiger partial charge is 0.378 e. The predicted octanol–water partition coefficient (Wildman–Crippen LogP) is 4.20. The molecule has 2 rings (SSSR count). The summed E-state index contributed by atoms with van der Waals surface area (Å²) < 4.78 is 7.56. The number of hydrogen-bond acceptors (Lipinski definition) is 2. The molecule has 0 atom stereocenters. The summed E-state index contributed by atoms with van der Waals surface area (Å²) in [5, 5.41) is 2.95. The highest BCUT2D eigenvalue weighted by molar-refractivity contribution is 14.1. The number of carbonyl (C=O) groups is 1. The summed E-state index contributed by atoms with van der Waals surface area (Å²) in [6, 6.07) is 5.90. The first kappa shape index (κ1) is 15.3. The quantitative estimate of drug-likeness (QED) is 0.701. The number of nitrogens with one attached hydrogen (secondary N) is 1. The Morgan fingerprint density at radius 1 is 1.53 bits per heavy atom. The molecule has 1 N–H and O–H groups in total. The lowest BCUT2D eigenvalue weighted by atomic mass is 9.80. The van der Waals surface area contributed by atoms with Gasteiger partial charge < -0.3 is 10.1 Å². The molecule has 0 unspecified atom stereocenters. The van der Waals surface area contributed by atoms with Crippen LogP contribution in [0.2, 0.25) is 0 Å². The van der Waals surface area contributed by atoms with E-state index in [0.29, 0.717) is 18.4 Å². The van der Waals surface area contributed by atoms with Crippen molar-refractivity contribution in [3.05, 3.63) is 26.2 Å². The summed E-state index contributed by atoms with van der Waals surface area (Å²) in [5.41, 5.74) is 0.839. The van der Waals surface area contributed by atoms with Crippen molar-refractivity contribution in [2.75, 3.05) is 11.9 Å². The first-order valence-electron chi connectivity index (χ1n) is 6.45. The lowest BCUT2D eigenvalue weighted by Gasteiger charge is -2.34. The maximum absolute atomic E-state index is 11.9. The third-order valence-corrected chi connectivity index (χ3v) is 4.60. The Morgan fingerprint density at radius 3 is 2.89 bits per heavy atom. The molecule has 0 aromatic heterocycles. The van der Waals surface area contributed by atoms with Crippen LogP contribution in [0.3, 0.4) is 0 Å². The van der Waals surface area contributed by atoms with E-state index in [1.54, 1.807) is 0 Å². The fourth-order valence-electron chi connectivity index (χ4n) is 2.27. The van der Waals surface area contributed by atoms with Crippen molar-refractivity contribution in [2.45, 2.75) is 32.3 Å². The zero-order valence-corrected chi connectivity index (χ0v) is 14.5. The van der Waals surface area contributed by atoms with Crippen LogP contribution in [-0.4, -0.2) is 18.6 Å². The lowest BCUT2D eigenvalue weighted by molar-refractivity contribution is -0.119. The summed E-state index contributed by atoms with van der Waals surface area (Å²) in [7, 11) is 0. The Balaban J connectivity index is 1.79. The third-order valence-electron chi connectivity index (χ3n) is 3.27. The number of halogens is 2. The molecule has 1 fully saturated rings. The Morgan fingerprint density at radius 2 is 2.26 bits per heavy atom. The van der Waals surface area contributed by atoms with Crippen molar-refractivity contribution < 1.29 is 9.53 Å². The molecule has 0 bridgehead atoms. The molecule has 1 saturated carbocycles. The molecule has 0 aliphatic heterocycles. The highest BCUT2D eigenvalue weighted by Gasteiger charge is 2.31. The molecular weight excluding hydrogens is 421 g/mol. The number of ether oxygens (including phenoxy) is 1. The van der Waals surface area contributed by atoms with Gasteiger partial charge in [0.2, 0.25) is 5.91 Å². The standard InChI is InChI=1S/C14H17BrINO2/c1-2-19-11-5-9(6-11)7-14(18)17-13-4-3-10(16)8-12(13)15/h3-4,8-9,11H,2,5-7H2,1H3,(H,17,18). The molecule has 1 aromatic rings. The second-order valence-corrected chi connectivity index (χ2v) is 6.89. The van der Waals surface area contributed by atoms with Gasteiger partial charge in [-0.05, 0) is 82.4 Å². The van der Waals surface area contributed by atoms with E-state index in [1.165, 1.54) is 0 Å². The molecule has 5 heteroatoms. The number of anilines is 1. The second kappa shape index (κ2) is 7.04. The van der Waals surface area contributed by atoms with E-state index in [0.717, 1.165) is 33.2 Å². The molecule has 1 amide bonds. The van der Waals surface area contributed by atoms with E-state index in [1.807, 2.05) is 25.1 Å². The van der Waals surface area contributed by atoms with E-state index in [-0.39, 0.29) is 5.91 Å². The van der Waals surface area contributed by atoms with E-state index in [4.69, 9.17) is 4.74 Å². The van der Waals surface area contributed by atoms with Gasteiger partial charge in [0, 0.05) is 21.1 Å². The second-order valence-electron chi connectivity index (χ2n) is 4.79. The highest BCUT2D eigenvalue weighted by atomic mass is 127. The predicted molar refractivity (Wildman–Crippen MR) is 88.2 cm³/mol. The van der Waals surface area contributed by atoms with Crippen molar-refractivity contribution in [1.82, 2.24) is 0 Å². The maximum Gasteiger partial charge on any atom is 0.224 e. The van der Waals surface area contributed by atoms with Crippen LogP contribution < -0.4 is 5.32 Å². The van der Waals surface area contributed by atoms with Crippen molar-refractivity contribution in [3.63, 3.8) is 0 Å². The molecule has 1 aromatic carbocycles. The summed E-state index contributed by atoms with van der Waals surface area (Å²) in [6.07, 6.45) is 2.97. The average molecular weight is 438 g/mol. The van der Waals surface area contributed by atoms with Gasteiger partial charge in [-0.1, -0.05) is 0 Å². The molecule has 0 radical (unpaired) electrons. The highest BCUT2D eigenvalue weighted by Crippen LogP contribution is 2.33. The smallest absolute Gasteiger partial charge is 0.224 e. The van der Waals surface area contributed by atoms with Gasteiger partial charge in [0.25, 0.3) is 0 Å². The van der Waals surface area contributed by atoms with Crippen molar-refractivity contribution in [1.29, 1.82) is 0 Å². The van der Waals surface area contributed by atoms with Gasteiger partial charge in [0.05, 0.1) is 11.8 Å². The van der Waals surface area contributed by atoms with Crippen LogP contribution in [0, 0.1) is 9.49 Å². The van der Waals surface area contributed by atoms with Gasteiger partial charge >= 0.3 is 0 Å². The van der Waals surface area contributed by atoms with E-state index in [9.17, 15) is 4.79 Å². The van der Waals surface area contributed by atoms with Crippen LogP contribution in [0.15, 0.2) is 22.7 Å².